The van der Waals surface area contributed by atoms with E-state index in [1.54, 1.807) is 12.2 Å². The average Bonchev–Trinajstić information content (AvgIpc) is 2.74. The van der Waals surface area contributed by atoms with E-state index < -0.39 is 5.31 Å². The van der Waals surface area contributed by atoms with Gasteiger partial charge in [-0.3, -0.25) is 9.59 Å². The second-order valence-corrected chi connectivity index (χ2v) is 6.60. The van der Waals surface area contributed by atoms with E-state index in [0.717, 1.165) is 32.1 Å². The fraction of sp³-hybridized carbons (Fsp3) is 0.529. The minimum atomic E-state index is -0.565. The van der Waals surface area contributed by atoms with Crippen LogP contribution in [-0.2, 0) is 9.59 Å². The third kappa shape index (κ3) is 1.52. The molecule has 3 atom stereocenters. The number of Topliss-reactive ketones (excluding diaryl/α,β-unsaturated/α-hetero) is 1. The summed E-state index contributed by atoms with van der Waals surface area (Å²) in [4.78, 5) is 23.6. The quantitative estimate of drug-likeness (QED) is 0.630. The van der Waals surface area contributed by atoms with Crippen molar-refractivity contribution in [3.05, 3.63) is 34.9 Å². The molecule has 0 aromatic heterocycles. The summed E-state index contributed by atoms with van der Waals surface area (Å²) in [7, 11) is 6.45. The maximum Gasteiger partial charge on any atom is 0.178 e. The smallest absolute Gasteiger partial charge is 0.178 e. The van der Waals surface area contributed by atoms with Crippen LogP contribution in [-0.4, -0.2) is 19.4 Å². The highest BCUT2D eigenvalue weighted by atomic mass is 16.1. The highest BCUT2D eigenvalue weighted by Gasteiger charge is 2.52. The number of fused-ring (bicyclic) bond motifs is 4. The number of hydrogen-bond acceptors (Lipinski definition) is 2. The van der Waals surface area contributed by atoms with Gasteiger partial charge < -0.3 is 0 Å². The zero-order valence-corrected chi connectivity index (χ0v) is 11.5. The van der Waals surface area contributed by atoms with Crippen molar-refractivity contribution in [3.8, 4) is 0 Å². The fourth-order valence-electron chi connectivity index (χ4n) is 4.75. The second-order valence-electron chi connectivity index (χ2n) is 6.60. The van der Waals surface area contributed by atoms with E-state index in [9.17, 15) is 9.59 Å². The Kier molecular flexibility index (Phi) is 2.51. The molecule has 0 spiro atoms. The average molecular weight is 264 g/mol. The van der Waals surface area contributed by atoms with E-state index in [4.69, 9.17) is 7.85 Å². The number of carbonyl (C=O) groups is 2. The van der Waals surface area contributed by atoms with E-state index >= 15 is 0 Å². The molecule has 4 rings (SSSR count). The first-order chi connectivity index (χ1) is 9.59. The maximum absolute atomic E-state index is 12.1. The van der Waals surface area contributed by atoms with Gasteiger partial charge in [-0.25, -0.2) is 0 Å². The molecule has 1 unspecified atom stereocenters. The summed E-state index contributed by atoms with van der Waals surface area (Å²) in [5.74, 6) is 1.13. The predicted molar refractivity (Wildman–Crippen MR) is 77.4 cm³/mol. The molecule has 2 fully saturated rings. The molecule has 4 aliphatic carbocycles. The molecule has 0 saturated heterocycles. The number of ketones is 2. The van der Waals surface area contributed by atoms with Crippen molar-refractivity contribution in [1.29, 1.82) is 0 Å². The lowest BCUT2D eigenvalue weighted by atomic mass is 9.49. The van der Waals surface area contributed by atoms with Gasteiger partial charge in [-0.15, -0.1) is 0 Å². The van der Waals surface area contributed by atoms with Gasteiger partial charge in [0.1, 0.15) is 5.78 Å². The largest absolute Gasteiger partial charge is 0.300 e. The van der Waals surface area contributed by atoms with Gasteiger partial charge in [-0.2, -0.15) is 0 Å². The van der Waals surface area contributed by atoms with Crippen LogP contribution >= 0.6 is 0 Å². The normalized spacial score (nSPS) is 39.3. The van der Waals surface area contributed by atoms with Gasteiger partial charge in [-0.1, -0.05) is 11.6 Å². The molecule has 2 radical (unpaired) electrons. The summed E-state index contributed by atoms with van der Waals surface area (Å²) in [6.07, 6.45) is 10.7. The number of hydrogen-bond donors (Lipinski definition) is 0. The zero-order valence-electron chi connectivity index (χ0n) is 11.5. The van der Waals surface area contributed by atoms with Gasteiger partial charge >= 0.3 is 0 Å². The fourth-order valence-corrected chi connectivity index (χ4v) is 4.75. The van der Waals surface area contributed by atoms with Gasteiger partial charge in [0.15, 0.2) is 5.78 Å². The molecule has 0 aromatic carbocycles. The molecule has 4 aliphatic rings. The molecule has 2 nitrogen and oxygen atoms in total. The Labute approximate surface area is 120 Å². The van der Waals surface area contributed by atoms with Crippen molar-refractivity contribution >= 4 is 19.4 Å². The van der Waals surface area contributed by atoms with Crippen molar-refractivity contribution < 1.29 is 9.59 Å². The maximum atomic E-state index is 12.1. The van der Waals surface area contributed by atoms with Crippen molar-refractivity contribution in [2.75, 3.05) is 0 Å². The van der Waals surface area contributed by atoms with Crippen molar-refractivity contribution in [3.63, 3.8) is 0 Å². The molecular formula is C17H17BO2. The second kappa shape index (κ2) is 4.06. The first-order valence-electron chi connectivity index (χ1n) is 7.58. The van der Waals surface area contributed by atoms with Gasteiger partial charge in [-0.05, 0) is 72.6 Å². The molecular weight excluding hydrogens is 247 g/mol. The summed E-state index contributed by atoms with van der Waals surface area (Å²) in [5.41, 5.74) is 3.91. The lowest BCUT2D eigenvalue weighted by Gasteiger charge is -2.46. The van der Waals surface area contributed by atoms with E-state index in [0.29, 0.717) is 18.3 Å². The van der Waals surface area contributed by atoms with Crippen LogP contribution in [0.3, 0.4) is 0 Å². The van der Waals surface area contributed by atoms with Crippen LogP contribution in [0, 0.1) is 11.8 Å². The molecule has 0 heterocycles. The lowest BCUT2D eigenvalue weighted by Crippen LogP contribution is -2.37. The van der Waals surface area contributed by atoms with Gasteiger partial charge in [0.05, 0.1) is 7.85 Å². The molecule has 0 bridgehead atoms. The van der Waals surface area contributed by atoms with Gasteiger partial charge in [0.25, 0.3) is 0 Å². The predicted octanol–water partition coefficient (Wildman–Crippen LogP) is 2.86. The minimum Gasteiger partial charge on any atom is -0.300 e. The van der Waals surface area contributed by atoms with Crippen LogP contribution in [0.1, 0.15) is 38.5 Å². The first-order valence-corrected chi connectivity index (χ1v) is 7.58. The monoisotopic (exact) mass is 264 g/mol. The Hall–Kier alpha value is -1.38. The van der Waals surface area contributed by atoms with Crippen LogP contribution in [0.2, 0.25) is 5.31 Å². The summed E-state index contributed by atoms with van der Waals surface area (Å²) >= 11 is 0. The number of allylic oxidation sites excluding steroid dienone is 6. The molecule has 100 valence electrons. The summed E-state index contributed by atoms with van der Waals surface area (Å²) in [5, 5.41) is -0.565. The SMILES string of the molecule is [B]C12CCC3=C4C=CC(=O)C=C4CC[C@H]3[C@@H]1CCC2=O. The molecule has 20 heavy (non-hydrogen) atoms. The van der Waals surface area contributed by atoms with Crippen molar-refractivity contribution in [2.24, 2.45) is 11.8 Å². The zero-order chi connectivity index (χ0) is 13.9. The van der Waals surface area contributed by atoms with Gasteiger partial charge in [0, 0.05) is 6.42 Å². The van der Waals surface area contributed by atoms with Crippen LogP contribution in [0.15, 0.2) is 34.9 Å². The van der Waals surface area contributed by atoms with Crippen molar-refractivity contribution in [2.45, 2.75) is 43.8 Å². The molecule has 0 amide bonds. The van der Waals surface area contributed by atoms with Gasteiger partial charge in [0.2, 0.25) is 0 Å². The van der Waals surface area contributed by atoms with Crippen LogP contribution < -0.4 is 0 Å². The summed E-state index contributed by atoms with van der Waals surface area (Å²) in [6.45, 7) is 0. The number of rotatable bonds is 0. The van der Waals surface area contributed by atoms with Crippen LogP contribution in [0.25, 0.3) is 0 Å². The van der Waals surface area contributed by atoms with Crippen LogP contribution in [0.5, 0.6) is 0 Å². The minimum absolute atomic E-state index is 0.0998. The highest BCUT2D eigenvalue weighted by Crippen LogP contribution is 2.60. The molecule has 0 aliphatic heterocycles. The Bertz CT molecular complexity index is 610. The van der Waals surface area contributed by atoms with E-state index in [1.807, 2.05) is 6.08 Å². The van der Waals surface area contributed by atoms with E-state index in [2.05, 4.69) is 0 Å². The Morgan fingerprint density at radius 3 is 2.80 bits per heavy atom. The highest BCUT2D eigenvalue weighted by molar-refractivity contribution is 6.29. The standard InChI is InChI=1S/C17H17BO2/c18-17-8-7-13-12-4-2-11(19)9-10(12)1-3-14(13)15(17)5-6-16(17)20/h2,4,9,14-15H,1,3,5-8H2/t14-,15+,17?/m1/s1. The molecule has 0 N–H and O–H groups in total. The third-order valence-electron chi connectivity index (χ3n) is 5.75. The summed E-state index contributed by atoms with van der Waals surface area (Å²) in [6, 6.07) is 0. The van der Waals surface area contributed by atoms with E-state index in [1.165, 1.54) is 16.7 Å². The molecule has 2 saturated carbocycles. The molecule has 0 aromatic rings. The Morgan fingerprint density at radius 2 is 1.95 bits per heavy atom. The van der Waals surface area contributed by atoms with E-state index in [-0.39, 0.29) is 11.6 Å². The lowest BCUT2D eigenvalue weighted by molar-refractivity contribution is -0.121. The van der Waals surface area contributed by atoms with Crippen molar-refractivity contribution in [1.82, 2.24) is 0 Å². The van der Waals surface area contributed by atoms with Crippen LogP contribution in [0.4, 0.5) is 0 Å². The molecule has 3 heteroatoms. The Balaban J connectivity index is 1.78. The number of carbonyl (C=O) groups excluding carboxylic acids is 2. The third-order valence-corrected chi connectivity index (χ3v) is 5.75. The Morgan fingerprint density at radius 1 is 1.10 bits per heavy atom. The topological polar surface area (TPSA) is 34.1 Å². The summed E-state index contributed by atoms with van der Waals surface area (Å²) < 4.78 is 0. The first kappa shape index (κ1) is 12.4.